The minimum Gasteiger partial charge on any atom is -0.496 e. The van der Waals surface area contributed by atoms with Crippen LogP contribution in [0.15, 0.2) is 36.4 Å². The molecule has 0 fully saturated rings. The van der Waals surface area contributed by atoms with Crippen molar-refractivity contribution in [2.75, 3.05) is 14.2 Å². The number of hydrogen-bond donors (Lipinski definition) is 1. The summed E-state index contributed by atoms with van der Waals surface area (Å²) in [4.78, 5) is 0. The fourth-order valence-corrected chi connectivity index (χ4v) is 2.49. The van der Waals surface area contributed by atoms with Gasteiger partial charge in [0.15, 0.2) is 0 Å². The number of aryl methyl sites for hydroxylation is 1. The monoisotopic (exact) mass is 307 g/mol. The molecule has 1 N–H and O–H groups in total. The lowest BCUT2D eigenvalue weighted by Gasteiger charge is -2.20. The number of nitrogens with one attached hydrogen (secondary N) is 1. The summed E-state index contributed by atoms with van der Waals surface area (Å²) in [6.45, 7) is 2.02. The third-order valence-corrected chi connectivity index (χ3v) is 3.84. The number of methoxy groups -OCH3 is 1. The molecule has 0 saturated carbocycles. The highest BCUT2D eigenvalue weighted by molar-refractivity contribution is 6.30. The van der Waals surface area contributed by atoms with Gasteiger partial charge in [-0.25, -0.2) is 4.39 Å². The standard InChI is InChI=1S/C17H19ClFNO/c1-11-4-6-13(17(8-11)21-3)16(20-2)10-12-5-7-14(18)15(19)9-12/h4-9,16,20H,10H2,1-3H3. The summed E-state index contributed by atoms with van der Waals surface area (Å²) in [5.41, 5.74) is 3.09. The molecule has 0 amide bonds. The Bertz CT molecular complexity index is 630. The van der Waals surface area contributed by atoms with Crippen molar-refractivity contribution in [1.82, 2.24) is 5.32 Å². The molecule has 2 nitrogen and oxygen atoms in total. The van der Waals surface area contributed by atoms with Crippen LogP contribution in [0.4, 0.5) is 4.39 Å². The number of hydrogen-bond acceptors (Lipinski definition) is 2. The van der Waals surface area contributed by atoms with Crippen molar-refractivity contribution in [2.24, 2.45) is 0 Å². The Kier molecular flexibility index (Phi) is 5.21. The molecule has 0 aromatic heterocycles. The van der Waals surface area contributed by atoms with Gasteiger partial charge in [0.2, 0.25) is 0 Å². The van der Waals surface area contributed by atoms with Crippen molar-refractivity contribution < 1.29 is 9.13 Å². The fraction of sp³-hybridized carbons (Fsp3) is 0.294. The number of halogens is 2. The summed E-state index contributed by atoms with van der Waals surface area (Å²) in [6, 6.07) is 11.0. The molecule has 0 aliphatic carbocycles. The lowest BCUT2D eigenvalue weighted by molar-refractivity contribution is 0.401. The van der Waals surface area contributed by atoms with Gasteiger partial charge >= 0.3 is 0 Å². The Balaban J connectivity index is 2.29. The molecule has 2 aromatic rings. The Labute approximate surface area is 129 Å². The molecule has 21 heavy (non-hydrogen) atoms. The molecular weight excluding hydrogens is 289 g/mol. The molecule has 112 valence electrons. The van der Waals surface area contributed by atoms with Crippen LogP contribution in [0.3, 0.4) is 0 Å². The van der Waals surface area contributed by atoms with Gasteiger partial charge in [-0.05, 0) is 49.7 Å². The summed E-state index contributed by atoms with van der Waals surface area (Å²) >= 11 is 5.72. The quantitative estimate of drug-likeness (QED) is 0.889. The summed E-state index contributed by atoms with van der Waals surface area (Å²) in [5, 5.41) is 3.41. The minimum absolute atomic E-state index is 0.0427. The highest BCUT2D eigenvalue weighted by atomic mass is 35.5. The van der Waals surface area contributed by atoms with E-state index in [2.05, 4.69) is 5.32 Å². The van der Waals surface area contributed by atoms with Crippen molar-refractivity contribution in [3.63, 3.8) is 0 Å². The average Bonchev–Trinajstić information content (AvgIpc) is 2.48. The van der Waals surface area contributed by atoms with Crippen LogP contribution in [0.2, 0.25) is 5.02 Å². The van der Waals surface area contributed by atoms with Gasteiger partial charge in [-0.1, -0.05) is 29.8 Å². The van der Waals surface area contributed by atoms with E-state index < -0.39 is 0 Å². The topological polar surface area (TPSA) is 21.3 Å². The van der Waals surface area contributed by atoms with Crippen LogP contribution < -0.4 is 10.1 Å². The molecule has 0 aliphatic rings. The van der Waals surface area contributed by atoms with Gasteiger partial charge in [0, 0.05) is 11.6 Å². The van der Waals surface area contributed by atoms with Crippen molar-refractivity contribution in [1.29, 1.82) is 0 Å². The molecule has 4 heteroatoms. The van der Waals surface area contributed by atoms with Crippen LogP contribution in [0, 0.1) is 12.7 Å². The molecule has 1 atom stereocenters. The van der Waals surface area contributed by atoms with E-state index in [9.17, 15) is 4.39 Å². The van der Waals surface area contributed by atoms with E-state index >= 15 is 0 Å². The fourth-order valence-electron chi connectivity index (χ4n) is 2.38. The second kappa shape index (κ2) is 6.92. The van der Waals surface area contributed by atoms with Gasteiger partial charge in [0.25, 0.3) is 0 Å². The second-order valence-corrected chi connectivity index (χ2v) is 5.45. The van der Waals surface area contributed by atoms with Gasteiger partial charge in [-0.2, -0.15) is 0 Å². The largest absolute Gasteiger partial charge is 0.496 e. The number of rotatable bonds is 5. The molecule has 0 spiro atoms. The van der Waals surface area contributed by atoms with E-state index in [-0.39, 0.29) is 16.9 Å². The Morgan fingerprint density at radius 2 is 2.00 bits per heavy atom. The van der Waals surface area contributed by atoms with Gasteiger partial charge in [-0.15, -0.1) is 0 Å². The predicted molar refractivity (Wildman–Crippen MR) is 84.6 cm³/mol. The summed E-state index contributed by atoms with van der Waals surface area (Å²) < 4.78 is 19.0. The van der Waals surface area contributed by atoms with Crippen LogP contribution in [0.1, 0.15) is 22.7 Å². The average molecular weight is 308 g/mol. The molecule has 2 aromatic carbocycles. The van der Waals surface area contributed by atoms with Crippen molar-refractivity contribution >= 4 is 11.6 Å². The van der Waals surface area contributed by atoms with Crippen LogP contribution in [-0.4, -0.2) is 14.2 Å². The molecular formula is C17H19ClFNO. The molecule has 0 saturated heterocycles. The lowest BCUT2D eigenvalue weighted by atomic mass is 9.97. The zero-order valence-corrected chi connectivity index (χ0v) is 13.2. The van der Waals surface area contributed by atoms with Gasteiger partial charge in [0.05, 0.1) is 12.1 Å². The van der Waals surface area contributed by atoms with E-state index in [1.54, 1.807) is 13.2 Å². The lowest BCUT2D eigenvalue weighted by Crippen LogP contribution is -2.19. The van der Waals surface area contributed by atoms with E-state index in [1.165, 1.54) is 6.07 Å². The van der Waals surface area contributed by atoms with E-state index in [4.69, 9.17) is 16.3 Å². The van der Waals surface area contributed by atoms with Crippen molar-refractivity contribution in [3.05, 3.63) is 63.9 Å². The third-order valence-electron chi connectivity index (χ3n) is 3.54. The van der Waals surface area contributed by atoms with E-state index in [0.717, 1.165) is 22.4 Å². The minimum atomic E-state index is -0.389. The van der Waals surface area contributed by atoms with Crippen LogP contribution in [0.5, 0.6) is 5.75 Å². The van der Waals surface area contributed by atoms with Crippen LogP contribution in [-0.2, 0) is 6.42 Å². The molecule has 2 rings (SSSR count). The van der Waals surface area contributed by atoms with Crippen LogP contribution in [0.25, 0.3) is 0 Å². The predicted octanol–water partition coefficient (Wildman–Crippen LogP) is 4.30. The smallest absolute Gasteiger partial charge is 0.142 e. The normalized spacial score (nSPS) is 12.2. The van der Waals surface area contributed by atoms with Gasteiger partial charge in [-0.3, -0.25) is 0 Å². The van der Waals surface area contributed by atoms with Gasteiger partial charge < -0.3 is 10.1 Å². The first kappa shape index (κ1) is 15.8. The molecule has 0 heterocycles. The SMILES string of the molecule is CNC(Cc1ccc(Cl)c(F)c1)c1ccc(C)cc1OC. The molecule has 1 unspecified atom stereocenters. The molecule has 0 aliphatic heterocycles. The number of ether oxygens (including phenoxy) is 1. The maximum atomic E-state index is 13.6. The molecule has 0 bridgehead atoms. The second-order valence-electron chi connectivity index (χ2n) is 5.04. The Morgan fingerprint density at radius 1 is 1.24 bits per heavy atom. The highest BCUT2D eigenvalue weighted by Gasteiger charge is 2.16. The maximum absolute atomic E-state index is 13.6. The number of benzene rings is 2. The van der Waals surface area contributed by atoms with Crippen molar-refractivity contribution in [3.8, 4) is 5.75 Å². The highest BCUT2D eigenvalue weighted by Crippen LogP contribution is 2.29. The Hall–Kier alpha value is -1.58. The maximum Gasteiger partial charge on any atom is 0.142 e. The number of likely N-dealkylation sites (N-methyl/N-ethyl adjacent to an activating group) is 1. The third kappa shape index (κ3) is 3.74. The van der Waals surface area contributed by atoms with E-state index in [1.807, 2.05) is 38.2 Å². The van der Waals surface area contributed by atoms with Crippen molar-refractivity contribution in [2.45, 2.75) is 19.4 Å². The first-order valence-electron chi connectivity index (χ1n) is 6.81. The first-order chi connectivity index (χ1) is 10.0. The molecule has 0 radical (unpaired) electrons. The van der Waals surface area contributed by atoms with E-state index in [0.29, 0.717) is 6.42 Å². The summed E-state index contributed by atoms with van der Waals surface area (Å²) in [6.07, 6.45) is 0.657. The van der Waals surface area contributed by atoms with Gasteiger partial charge in [0.1, 0.15) is 11.6 Å². The summed E-state index contributed by atoms with van der Waals surface area (Å²) in [7, 11) is 3.54. The zero-order valence-electron chi connectivity index (χ0n) is 12.4. The van der Waals surface area contributed by atoms with Crippen LogP contribution >= 0.6 is 11.6 Å². The first-order valence-corrected chi connectivity index (χ1v) is 7.18. The Morgan fingerprint density at radius 3 is 2.62 bits per heavy atom. The summed E-state index contributed by atoms with van der Waals surface area (Å²) in [5.74, 6) is 0.448. The zero-order chi connectivity index (χ0) is 15.4.